The van der Waals surface area contributed by atoms with Crippen molar-refractivity contribution in [3.63, 3.8) is 0 Å². The minimum Gasteiger partial charge on any atom is -0.466 e. The average molecular weight is 442 g/mol. The highest BCUT2D eigenvalue weighted by Crippen LogP contribution is 2.33. The normalized spacial score (nSPS) is 19.2. The van der Waals surface area contributed by atoms with E-state index in [1.54, 1.807) is 11.8 Å². The maximum Gasteiger partial charge on any atom is 0.337 e. The number of benzene rings is 1. The molecule has 1 aliphatic heterocycles. The van der Waals surface area contributed by atoms with Crippen molar-refractivity contribution in [2.45, 2.75) is 71.3 Å². The molecule has 2 N–H and O–H groups in total. The van der Waals surface area contributed by atoms with E-state index in [1.807, 2.05) is 24.3 Å². The number of amides is 3. The molecule has 1 heterocycles. The molecule has 1 aromatic carbocycles. The quantitative estimate of drug-likeness (QED) is 0.533. The Kier molecular flexibility index (Phi) is 8.31. The minimum atomic E-state index is -0.636. The SMILES string of the molecule is CCCCN1C(=O)N[C@@H](c2cccc(NC(=O)CCC3CCCC3)c2)C(C(=O)OC)=C1C. The van der Waals surface area contributed by atoms with E-state index < -0.39 is 12.0 Å². The summed E-state index contributed by atoms with van der Waals surface area (Å²) in [6, 6.07) is 6.43. The van der Waals surface area contributed by atoms with Crippen molar-refractivity contribution >= 4 is 23.6 Å². The van der Waals surface area contributed by atoms with E-state index >= 15 is 0 Å². The number of anilines is 1. The number of carbonyl (C=O) groups is 3. The molecule has 1 aromatic rings. The van der Waals surface area contributed by atoms with Crippen molar-refractivity contribution in [2.75, 3.05) is 19.0 Å². The predicted octanol–water partition coefficient (Wildman–Crippen LogP) is 4.91. The molecule has 32 heavy (non-hydrogen) atoms. The van der Waals surface area contributed by atoms with Crippen LogP contribution in [0.3, 0.4) is 0 Å². The lowest BCUT2D eigenvalue weighted by Crippen LogP contribution is -2.48. The summed E-state index contributed by atoms with van der Waals surface area (Å²) >= 11 is 0. The lowest BCUT2D eigenvalue weighted by Gasteiger charge is -2.35. The van der Waals surface area contributed by atoms with Gasteiger partial charge in [-0.1, -0.05) is 51.2 Å². The molecule has 0 spiro atoms. The first-order chi connectivity index (χ1) is 15.4. The summed E-state index contributed by atoms with van der Waals surface area (Å²) in [4.78, 5) is 39.5. The molecular formula is C25H35N3O4. The van der Waals surface area contributed by atoms with Gasteiger partial charge in [-0.25, -0.2) is 9.59 Å². The first-order valence-electron chi connectivity index (χ1n) is 11.7. The second-order valence-electron chi connectivity index (χ2n) is 8.74. The van der Waals surface area contributed by atoms with Crippen LogP contribution in [0.15, 0.2) is 35.5 Å². The van der Waals surface area contributed by atoms with Crippen molar-refractivity contribution in [3.05, 3.63) is 41.1 Å². The minimum absolute atomic E-state index is 0.00705. The maximum atomic E-state index is 12.8. The largest absolute Gasteiger partial charge is 0.466 e. The molecule has 7 heteroatoms. The predicted molar refractivity (Wildman–Crippen MR) is 124 cm³/mol. The Balaban J connectivity index is 1.78. The van der Waals surface area contributed by atoms with Gasteiger partial charge >= 0.3 is 12.0 Å². The Labute approximate surface area is 190 Å². The first-order valence-corrected chi connectivity index (χ1v) is 11.7. The smallest absolute Gasteiger partial charge is 0.337 e. The molecule has 1 saturated carbocycles. The van der Waals surface area contributed by atoms with Crippen LogP contribution in [-0.4, -0.2) is 36.5 Å². The van der Waals surface area contributed by atoms with Crippen molar-refractivity contribution in [1.29, 1.82) is 0 Å². The van der Waals surface area contributed by atoms with Crippen LogP contribution in [-0.2, 0) is 14.3 Å². The van der Waals surface area contributed by atoms with Crippen LogP contribution in [0.25, 0.3) is 0 Å². The number of nitrogens with zero attached hydrogens (tertiary/aromatic N) is 1. The third-order valence-corrected chi connectivity index (χ3v) is 6.49. The number of carbonyl (C=O) groups excluding carboxylic acids is 3. The number of hydrogen-bond donors (Lipinski definition) is 2. The molecule has 7 nitrogen and oxygen atoms in total. The summed E-state index contributed by atoms with van der Waals surface area (Å²) in [6.07, 6.45) is 8.20. The molecule has 0 bridgehead atoms. The van der Waals surface area contributed by atoms with Gasteiger partial charge in [0.25, 0.3) is 0 Å². The molecule has 1 aliphatic carbocycles. The summed E-state index contributed by atoms with van der Waals surface area (Å²) in [7, 11) is 1.34. The van der Waals surface area contributed by atoms with Gasteiger partial charge in [-0.2, -0.15) is 0 Å². The topological polar surface area (TPSA) is 87.7 Å². The van der Waals surface area contributed by atoms with E-state index in [2.05, 4.69) is 17.6 Å². The second-order valence-corrected chi connectivity index (χ2v) is 8.74. The number of hydrogen-bond acceptors (Lipinski definition) is 4. The highest BCUT2D eigenvalue weighted by atomic mass is 16.5. The number of urea groups is 1. The third kappa shape index (κ3) is 5.69. The van der Waals surface area contributed by atoms with Crippen LogP contribution in [0.1, 0.15) is 76.8 Å². The molecular weight excluding hydrogens is 406 g/mol. The van der Waals surface area contributed by atoms with Gasteiger partial charge < -0.3 is 15.4 Å². The van der Waals surface area contributed by atoms with Crippen molar-refractivity contribution < 1.29 is 19.1 Å². The van der Waals surface area contributed by atoms with Gasteiger partial charge in [0, 0.05) is 24.4 Å². The molecule has 0 radical (unpaired) electrons. The summed E-state index contributed by atoms with van der Waals surface area (Å²) in [6.45, 7) is 4.37. The van der Waals surface area contributed by atoms with E-state index in [0.29, 0.717) is 35.8 Å². The lowest BCUT2D eigenvalue weighted by molar-refractivity contribution is -0.136. The molecule has 3 rings (SSSR count). The molecule has 3 amide bonds. The van der Waals surface area contributed by atoms with Gasteiger partial charge in [0.2, 0.25) is 5.91 Å². The number of methoxy groups -OCH3 is 1. The lowest BCUT2D eigenvalue weighted by atomic mass is 9.94. The fourth-order valence-electron chi connectivity index (χ4n) is 4.64. The number of rotatable bonds is 9. The van der Waals surface area contributed by atoms with E-state index in [-0.39, 0.29) is 11.9 Å². The van der Waals surface area contributed by atoms with Gasteiger partial charge in [0.1, 0.15) is 0 Å². The molecule has 0 saturated heterocycles. The number of nitrogens with one attached hydrogen (secondary N) is 2. The zero-order valence-corrected chi connectivity index (χ0v) is 19.4. The molecule has 0 aromatic heterocycles. The van der Waals surface area contributed by atoms with E-state index in [1.165, 1.54) is 32.8 Å². The van der Waals surface area contributed by atoms with Crippen LogP contribution in [0.2, 0.25) is 0 Å². The van der Waals surface area contributed by atoms with Crippen LogP contribution in [0, 0.1) is 5.92 Å². The molecule has 1 atom stereocenters. The molecule has 174 valence electrons. The molecule has 1 fully saturated rings. The Bertz CT molecular complexity index is 874. The number of esters is 1. The molecule has 2 aliphatic rings. The number of allylic oxidation sites excluding steroid dienone is 1. The Morgan fingerprint density at radius 1 is 1.25 bits per heavy atom. The van der Waals surface area contributed by atoms with Crippen molar-refractivity contribution in [2.24, 2.45) is 5.92 Å². The first kappa shape index (κ1) is 23.8. The zero-order valence-electron chi connectivity index (χ0n) is 19.4. The van der Waals surface area contributed by atoms with Gasteiger partial charge in [-0.15, -0.1) is 0 Å². The monoisotopic (exact) mass is 441 g/mol. The van der Waals surface area contributed by atoms with Crippen LogP contribution >= 0.6 is 0 Å². The third-order valence-electron chi connectivity index (χ3n) is 6.49. The zero-order chi connectivity index (χ0) is 23.1. The second kappa shape index (κ2) is 11.2. The maximum absolute atomic E-state index is 12.8. The Morgan fingerprint density at radius 3 is 2.69 bits per heavy atom. The van der Waals surface area contributed by atoms with E-state index in [9.17, 15) is 14.4 Å². The van der Waals surface area contributed by atoms with Crippen LogP contribution in [0.4, 0.5) is 10.5 Å². The van der Waals surface area contributed by atoms with Crippen LogP contribution < -0.4 is 10.6 Å². The fourth-order valence-corrected chi connectivity index (χ4v) is 4.64. The van der Waals surface area contributed by atoms with Crippen molar-refractivity contribution in [1.82, 2.24) is 10.2 Å². The summed E-state index contributed by atoms with van der Waals surface area (Å²) in [5, 5.41) is 5.91. The summed E-state index contributed by atoms with van der Waals surface area (Å²) < 4.78 is 5.03. The Morgan fingerprint density at radius 2 is 2.00 bits per heavy atom. The summed E-state index contributed by atoms with van der Waals surface area (Å²) in [5.41, 5.74) is 2.39. The van der Waals surface area contributed by atoms with E-state index in [4.69, 9.17) is 4.74 Å². The highest BCUT2D eigenvalue weighted by molar-refractivity contribution is 5.95. The van der Waals surface area contributed by atoms with Crippen molar-refractivity contribution in [3.8, 4) is 0 Å². The standard InChI is InChI=1S/C25H35N3O4/c1-4-5-15-28-17(2)22(24(30)32-3)23(27-25(28)31)19-11-8-12-20(16-19)26-21(29)14-13-18-9-6-7-10-18/h8,11-12,16,18,23H,4-7,9-10,13-15H2,1-3H3,(H,26,29)(H,27,31)/t23-/m0/s1. The van der Waals surface area contributed by atoms with Gasteiger partial charge in [-0.05, 0) is 43.4 Å². The van der Waals surface area contributed by atoms with E-state index in [0.717, 1.165) is 24.8 Å². The molecule has 0 unspecified atom stereocenters. The van der Waals surface area contributed by atoms with Gasteiger partial charge in [0.05, 0.1) is 18.7 Å². The van der Waals surface area contributed by atoms with Gasteiger partial charge in [0.15, 0.2) is 0 Å². The highest BCUT2D eigenvalue weighted by Gasteiger charge is 2.36. The Hall–Kier alpha value is -2.83. The summed E-state index contributed by atoms with van der Waals surface area (Å²) in [5.74, 6) is 0.184. The average Bonchev–Trinajstić information content (AvgIpc) is 3.31. The van der Waals surface area contributed by atoms with Gasteiger partial charge in [-0.3, -0.25) is 9.69 Å². The number of unbranched alkanes of at least 4 members (excludes halogenated alkanes) is 1. The van der Waals surface area contributed by atoms with Crippen LogP contribution in [0.5, 0.6) is 0 Å². The fraction of sp³-hybridized carbons (Fsp3) is 0.560. The number of ether oxygens (including phenoxy) is 1.